The van der Waals surface area contributed by atoms with Gasteiger partial charge in [-0.15, -0.1) is 0 Å². The van der Waals surface area contributed by atoms with E-state index in [1.54, 1.807) is 20.8 Å². The number of hydrogen-bond acceptors (Lipinski definition) is 4. The lowest BCUT2D eigenvalue weighted by molar-refractivity contribution is 0.0632. The van der Waals surface area contributed by atoms with Crippen molar-refractivity contribution in [2.45, 2.75) is 26.4 Å². The van der Waals surface area contributed by atoms with E-state index in [4.69, 9.17) is 9.84 Å². The largest absolute Gasteiger partial charge is 0.478 e. The molecule has 0 radical (unpaired) electrons. The molecule has 0 spiro atoms. The van der Waals surface area contributed by atoms with Gasteiger partial charge in [0.1, 0.15) is 11.3 Å². The Hall–Kier alpha value is -2.31. The summed E-state index contributed by atoms with van der Waals surface area (Å²) in [7, 11) is 0. The zero-order valence-corrected chi connectivity index (χ0v) is 10.2. The van der Waals surface area contributed by atoms with Crippen LogP contribution in [-0.2, 0) is 4.74 Å². The van der Waals surface area contributed by atoms with Crippen molar-refractivity contribution in [1.82, 2.24) is 4.98 Å². The number of pyridine rings is 1. The highest BCUT2D eigenvalue weighted by Gasteiger charge is 2.17. The van der Waals surface area contributed by atoms with Crippen LogP contribution in [0.2, 0.25) is 0 Å². The third-order valence-electron chi connectivity index (χ3n) is 1.79. The lowest BCUT2D eigenvalue weighted by atomic mass is 10.2. The van der Waals surface area contributed by atoms with Crippen molar-refractivity contribution >= 4 is 17.7 Å². The van der Waals surface area contributed by atoms with Crippen LogP contribution in [-0.4, -0.2) is 27.8 Å². The Bertz CT molecular complexity index is 527. The number of H-pyrrole nitrogens is 1. The number of nitrogens with one attached hydrogen (secondary N) is 2. The third kappa shape index (κ3) is 3.93. The van der Waals surface area contributed by atoms with Crippen LogP contribution >= 0.6 is 0 Å². The van der Waals surface area contributed by atoms with Crippen LogP contribution in [0.5, 0.6) is 0 Å². The first-order chi connectivity index (χ1) is 8.19. The predicted octanol–water partition coefficient (Wildman–Crippen LogP) is 1.42. The molecule has 7 heteroatoms. The van der Waals surface area contributed by atoms with Crippen LogP contribution in [0.1, 0.15) is 31.1 Å². The van der Waals surface area contributed by atoms with Gasteiger partial charge in [-0.05, 0) is 26.8 Å². The van der Waals surface area contributed by atoms with E-state index in [-0.39, 0.29) is 11.3 Å². The molecule has 0 unspecified atom stereocenters. The molecule has 7 nitrogen and oxygen atoms in total. The molecule has 98 valence electrons. The van der Waals surface area contributed by atoms with Gasteiger partial charge >= 0.3 is 12.1 Å². The fourth-order valence-corrected chi connectivity index (χ4v) is 1.11. The summed E-state index contributed by atoms with van der Waals surface area (Å²) >= 11 is 0. The number of carbonyl (C=O) groups excluding carboxylic acids is 1. The number of carbonyl (C=O) groups is 2. The zero-order chi connectivity index (χ0) is 13.9. The molecule has 0 atom stereocenters. The first kappa shape index (κ1) is 13.8. The Morgan fingerprint density at radius 3 is 2.50 bits per heavy atom. The molecule has 1 heterocycles. The van der Waals surface area contributed by atoms with E-state index in [2.05, 4.69) is 10.3 Å². The highest BCUT2D eigenvalue weighted by atomic mass is 16.6. The number of aromatic carboxylic acids is 1. The highest BCUT2D eigenvalue weighted by Crippen LogP contribution is 2.09. The number of anilines is 1. The molecular formula is C11H14N2O5. The number of carboxylic acids is 1. The van der Waals surface area contributed by atoms with E-state index in [9.17, 15) is 14.4 Å². The highest BCUT2D eigenvalue weighted by molar-refractivity contribution is 5.90. The fraction of sp³-hybridized carbons (Fsp3) is 0.364. The SMILES string of the molecule is CC(C)(C)OC(=O)Nc1cc(C(=O)O)c[nH]c1=O. The van der Waals surface area contributed by atoms with Gasteiger partial charge in [-0.2, -0.15) is 0 Å². The van der Waals surface area contributed by atoms with Crippen molar-refractivity contribution < 1.29 is 19.4 Å². The minimum Gasteiger partial charge on any atom is -0.478 e. The Labute approximate surface area is 103 Å². The van der Waals surface area contributed by atoms with Crippen molar-refractivity contribution in [3.63, 3.8) is 0 Å². The van der Waals surface area contributed by atoms with Gasteiger partial charge < -0.3 is 14.8 Å². The maximum atomic E-state index is 11.4. The molecule has 0 aliphatic carbocycles. The summed E-state index contributed by atoms with van der Waals surface area (Å²) in [5.74, 6) is -1.21. The van der Waals surface area contributed by atoms with Crippen molar-refractivity contribution in [3.8, 4) is 0 Å². The molecule has 0 saturated heterocycles. The van der Waals surface area contributed by atoms with Gasteiger partial charge in [-0.25, -0.2) is 9.59 Å². The van der Waals surface area contributed by atoms with Crippen LogP contribution in [0, 0.1) is 0 Å². The molecule has 1 rings (SSSR count). The van der Waals surface area contributed by atoms with Gasteiger partial charge in [0.2, 0.25) is 0 Å². The van der Waals surface area contributed by atoms with Crippen molar-refractivity contribution in [1.29, 1.82) is 0 Å². The monoisotopic (exact) mass is 254 g/mol. The summed E-state index contributed by atoms with van der Waals surface area (Å²) in [5.41, 5.74) is -1.63. The molecule has 1 amide bonds. The minimum atomic E-state index is -1.21. The average Bonchev–Trinajstić information content (AvgIpc) is 2.18. The van der Waals surface area contributed by atoms with Gasteiger partial charge in [0, 0.05) is 6.20 Å². The first-order valence-electron chi connectivity index (χ1n) is 5.15. The molecule has 0 fully saturated rings. The molecule has 3 N–H and O–H groups in total. The van der Waals surface area contributed by atoms with E-state index >= 15 is 0 Å². The van der Waals surface area contributed by atoms with Crippen molar-refractivity contribution in [2.75, 3.05) is 5.32 Å². The topological polar surface area (TPSA) is 108 Å². The number of ether oxygens (including phenoxy) is 1. The summed E-state index contributed by atoms with van der Waals surface area (Å²) in [6.07, 6.45) is 0.223. The average molecular weight is 254 g/mol. The van der Waals surface area contributed by atoms with Crippen LogP contribution in [0.4, 0.5) is 10.5 Å². The van der Waals surface area contributed by atoms with Crippen LogP contribution < -0.4 is 10.9 Å². The maximum Gasteiger partial charge on any atom is 0.412 e. The van der Waals surface area contributed by atoms with Crippen molar-refractivity contribution in [3.05, 3.63) is 28.2 Å². The fourth-order valence-electron chi connectivity index (χ4n) is 1.11. The predicted molar refractivity (Wildman–Crippen MR) is 63.9 cm³/mol. The van der Waals surface area contributed by atoms with Crippen LogP contribution in [0.25, 0.3) is 0 Å². The minimum absolute atomic E-state index is 0.138. The second kappa shape index (κ2) is 4.91. The third-order valence-corrected chi connectivity index (χ3v) is 1.79. The molecule has 0 saturated carbocycles. The van der Waals surface area contributed by atoms with E-state index in [0.29, 0.717) is 0 Å². The number of aromatic nitrogens is 1. The van der Waals surface area contributed by atoms with Gasteiger partial charge in [0.15, 0.2) is 0 Å². The molecular weight excluding hydrogens is 240 g/mol. The molecule has 1 aromatic rings. The maximum absolute atomic E-state index is 11.4. The van der Waals surface area contributed by atoms with Gasteiger partial charge in [0.25, 0.3) is 5.56 Å². The smallest absolute Gasteiger partial charge is 0.412 e. The van der Waals surface area contributed by atoms with E-state index in [0.717, 1.165) is 12.3 Å². The molecule has 0 aliphatic rings. The summed E-state index contributed by atoms with van der Waals surface area (Å²) in [6.45, 7) is 5.01. The second-order valence-electron chi connectivity index (χ2n) is 4.56. The van der Waals surface area contributed by atoms with E-state index in [1.807, 2.05) is 0 Å². The van der Waals surface area contributed by atoms with Gasteiger partial charge in [-0.3, -0.25) is 10.1 Å². The molecule has 0 aliphatic heterocycles. The summed E-state index contributed by atoms with van der Waals surface area (Å²) in [5, 5.41) is 10.9. The van der Waals surface area contributed by atoms with E-state index < -0.39 is 23.2 Å². The van der Waals surface area contributed by atoms with Gasteiger partial charge in [0.05, 0.1) is 5.56 Å². The Morgan fingerprint density at radius 2 is 2.00 bits per heavy atom. The Kier molecular flexibility index (Phi) is 3.75. The summed E-state index contributed by atoms with van der Waals surface area (Å²) in [6, 6.07) is 1.06. The second-order valence-corrected chi connectivity index (χ2v) is 4.56. The Balaban J connectivity index is 2.91. The molecule has 0 aromatic carbocycles. The van der Waals surface area contributed by atoms with Crippen LogP contribution in [0.15, 0.2) is 17.1 Å². The lowest BCUT2D eigenvalue weighted by Gasteiger charge is -2.19. The van der Waals surface area contributed by atoms with Crippen LogP contribution in [0.3, 0.4) is 0 Å². The van der Waals surface area contributed by atoms with Crippen molar-refractivity contribution in [2.24, 2.45) is 0 Å². The number of rotatable bonds is 2. The lowest BCUT2D eigenvalue weighted by Crippen LogP contribution is -2.29. The number of amides is 1. The summed E-state index contributed by atoms with van der Waals surface area (Å²) < 4.78 is 4.95. The molecule has 18 heavy (non-hydrogen) atoms. The number of hydrogen-bond donors (Lipinski definition) is 3. The Morgan fingerprint density at radius 1 is 1.39 bits per heavy atom. The summed E-state index contributed by atoms with van der Waals surface area (Å²) in [4.78, 5) is 35.7. The van der Waals surface area contributed by atoms with E-state index in [1.165, 1.54) is 0 Å². The molecule has 1 aromatic heterocycles. The quantitative estimate of drug-likeness (QED) is 0.739. The standard InChI is InChI=1S/C11H14N2O5/c1-11(2,3)18-10(17)13-7-4-6(9(15)16)5-12-8(7)14/h4-5H,1-3H3,(H,12,14)(H,13,17)(H,15,16). The molecule has 0 bridgehead atoms. The normalized spacial score (nSPS) is 10.8. The van der Waals surface area contributed by atoms with Gasteiger partial charge in [-0.1, -0.05) is 0 Å². The first-order valence-corrected chi connectivity index (χ1v) is 5.15. The number of aromatic amines is 1. The number of carboxylic acid groups (broad SMARTS) is 1. The zero-order valence-electron chi connectivity index (χ0n) is 10.2.